The average Bonchev–Trinajstić information content (AvgIpc) is 2.76. The molecular formula is C16H14N2O3. The normalized spacial score (nSPS) is 10.9. The standard InChI is InChI=1S/C16H14N2O3/c1-10-2-4-11(5-3-10)8-15(19)18-13-7-6-12(17)9-14(13)21-16(18)20/h2-7,9H,8,17H2,1H3. The van der Waals surface area contributed by atoms with E-state index >= 15 is 0 Å². The second kappa shape index (κ2) is 4.94. The lowest BCUT2D eigenvalue weighted by atomic mass is 10.1. The highest BCUT2D eigenvalue weighted by atomic mass is 16.4. The smallest absolute Gasteiger partial charge is 0.407 e. The van der Waals surface area contributed by atoms with Crippen LogP contribution in [-0.2, 0) is 6.42 Å². The Morgan fingerprint density at radius 1 is 1.19 bits per heavy atom. The molecule has 5 nitrogen and oxygen atoms in total. The zero-order valence-corrected chi connectivity index (χ0v) is 11.5. The Morgan fingerprint density at radius 3 is 2.62 bits per heavy atom. The number of oxazole rings is 1. The van der Waals surface area contributed by atoms with E-state index in [1.54, 1.807) is 12.1 Å². The molecule has 0 saturated heterocycles. The minimum absolute atomic E-state index is 0.138. The van der Waals surface area contributed by atoms with Crippen molar-refractivity contribution >= 4 is 22.7 Å². The van der Waals surface area contributed by atoms with Crippen LogP contribution in [-0.4, -0.2) is 10.5 Å². The number of nitrogens with two attached hydrogens (primary N) is 1. The summed E-state index contributed by atoms with van der Waals surface area (Å²) in [7, 11) is 0. The molecule has 3 aromatic rings. The predicted octanol–water partition coefficient (Wildman–Crippen LogP) is 2.37. The molecule has 5 heteroatoms. The molecule has 0 spiro atoms. The molecule has 1 heterocycles. The summed E-state index contributed by atoms with van der Waals surface area (Å²) >= 11 is 0. The summed E-state index contributed by atoms with van der Waals surface area (Å²) in [4.78, 5) is 24.2. The van der Waals surface area contributed by atoms with Gasteiger partial charge in [0, 0.05) is 11.8 Å². The van der Waals surface area contributed by atoms with Gasteiger partial charge in [-0.3, -0.25) is 4.79 Å². The predicted molar refractivity (Wildman–Crippen MR) is 80.4 cm³/mol. The van der Waals surface area contributed by atoms with Gasteiger partial charge in [-0.2, -0.15) is 0 Å². The lowest BCUT2D eigenvalue weighted by Gasteiger charge is -2.02. The quantitative estimate of drug-likeness (QED) is 0.732. The number of fused-ring (bicyclic) bond motifs is 1. The van der Waals surface area contributed by atoms with Gasteiger partial charge < -0.3 is 10.2 Å². The van der Waals surface area contributed by atoms with Gasteiger partial charge in [0.25, 0.3) is 0 Å². The molecule has 0 unspecified atom stereocenters. The number of hydrogen-bond donors (Lipinski definition) is 1. The van der Waals surface area contributed by atoms with Crippen molar-refractivity contribution in [2.75, 3.05) is 5.73 Å². The number of aryl methyl sites for hydroxylation is 1. The van der Waals surface area contributed by atoms with E-state index in [1.165, 1.54) is 6.07 Å². The molecule has 0 amide bonds. The fourth-order valence-corrected chi connectivity index (χ4v) is 2.23. The maximum Gasteiger partial charge on any atom is 0.426 e. The Morgan fingerprint density at radius 2 is 1.90 bits per heavy atom. The largest absolute Gasteiger partial charge is 0.426 e. The first-order valence-corrected chi connectivity index (χ1v) is 6.54. The third kappa shape index (κ3) is 2.45. The van der Waals surface area contributed by atoms with Gasteiger partial charge in [-0.25, -0.2) is 9.36 Å². The van der Waals surface area contributed by atoms with Gasteiger partial charge in [-0.05, 0) is 24.6 Å². The van der Waals surface area contributed by atoms with Gasteiger partial charge in [-0.1, -0.05) is 29.8 Å². The molecule has 0 bridgehead atoms. The first kappa shape index (κ1) is 13.2. The van der Waals surface area contributed by atoms with Gasteiger partial charge in [-0.15, -0.1) is 0 Å². The lowest BCUT2D eigenvalue weighted by molar-refractivity contribution is 0.0910. The molecule has 0 fully saturated rings. The van der Waals surface area contributed by atoms with Gasteiger partial charge in [0.2, 0.25) is 5.91 Å². The molecule has 0 atom stereocenters. The number of anilines is 1. The van der Waals surface area contributed by atoms with Crippen LogP contribution in [0.5, 0.6) is 0 Å². The van der Waals surface area contributed by atoms with E-state index in [0.29, 0.717) is 16.8 Å². The molecular weight excluding hydrogens is 268 g/mol. The van der Waals surface area contributed by atoms with Crippen molar-refractivity contribution in [3.8, 4) is 0 Å². The van der Waals surface area contributed by atoms with Crippen LogP contribution in [0.2, 0.25) is 0 Å². The zero-order valence-electron chi connectivity index (χ0n) is 11.5. The minimum atomic E-state index is -0.687. The van der Waals surface area contributed by atoms with Crippen molar-refractivity contribution in [3.63, 3.8) is 0 Å². The molecule has 1 aromatic heterocycles. The first-order valence-electron chi connectivity index (χ1n) is 6.54. The average molecular weight is 282 g/mol. The van der Waals surface area contributed by atoms with E-state index in [2.05, 4.69) is 0 Å². The highest BCUT2D eigenvalue weighted by molar-refractivity contribution is 5.91. The van der Waals surface area contributed by atoms with Crippen LogP contribution >= 0.6 is 0 Å². The van der Waals surface area contributed by atoms with Gasteiger partial charge in [0.05, 0.1) is 11.9 Å². The highest BCUT2D eigenvalue weighted by Crippen LogP contribution is 2.17. The Hall–Kier alpha value is -2.82. The fraction of sp³-hybridized carbons (Fsp3) is 0.125. The van der Waals surface area contributed by atoms with Crippen LogP contribution in [0.25, 0.3) is 11.1 Å². The third-order valence-corrected chi connectivity index (χ3v) is 3.33. The summed E-state index contributed by atoms with van der Waals surface area (Å²) < 4.78 is 6.11. The van der Waals surface area contributed by atoms with Crippen molar-refractivity contribution in [2.24, 2.45) is 0 Å². The summed E-state index contributed by atoms with van der Waals surface area (Å²) in [5.74, 6) is -1.01. The molecule has 2 N–H and O–H groups in total. The lowest BCUT2D eigenvalue weighted by Crippen LogP contribution is -2.24. The van der Waals surface area contributed by atoms with Gasteiger partial charge in [0.1, 0.15) is 0 Å². The second-order valence-electron chi connectivity index (χ2n) is 4.99. The van der Waals surface area contributed by atoms with Gasteiger partial charge in [0.15, 0.2) is 5.58 Å². The molecule has 0 aliphatic heterocycles. The van der Waals surface area contributed by atoms with Crippen LogP contribution in [0.15, 0.2) is 51.7 Å². The molecule has 0 radical (unpaired) electrons. The van der Waals surface area contributed by atoms with E-state index < -0.39 is 5.76 Å². The van der Waals surface area contributed by atoms with Crippen molar-refractivity contribution in [1.82, 2.24) is 4.57 Å². The van der Waals surface area contributed by atoms with Crippen LogP contribution in [0, 0.1) is 6.92 Å². The van der Waals surface area contributed by atoms with Crippen molar-refractivity contribution in [3.05, 3.63) is 64.1 Å². The molecule has 106 valence electrons. The Bertz CT molecular complexity index is 873. The topological polar surface area (TPSA) is 78.2 Å². The molecule has 3 rings (SSSR count). The van der Waals surface area contributed by atoms with Crippen molar-refractivity contribution in [1.29, 1.82) is 0 Å². The van der Waals surface area contributed by atoms with Gasteiger partial charge >= 0.3 is 5.76 Å². The summed E-state index contributed by atoms with van der Waals surface area (Å²) in [6.45, 7) is 1.98. The number of nitrogen functional groups attached to an aromatic ring is 1. The van der Waals surface area contributed by atoms with E-state index in [-0.39, 0.29) is 12.3 Å². The first-order chi connectivity index (χ1) is 10.0. The second-order valence-corrected chi connectivity index (χ2v) is 4.99. The molecule has 0 aliphatic rings. The maximum atomic E-state index is 12.4. The van der Waals surface area contributed by atoms with Crippen LogP contribution < -0.4 is 11.5 Å². The molecule has 0 aliphatic carbocycles. The molecule has 2 aromatic carbocycles. The number of nitrogens with zero attached hydrogens (tertiary/aromatic N) is 1. The number of aromatic nitrogens is 1. The van der Waals surface area contributed by atoms with Crippen LogP contribution in [0.4, 0.5) is 5.69 Å². The maximum absolute atomic E-state index is 12.4. The Labute approximate surface area is 120 Å². The number of hydrogen-bond acceptors (Lipinski definition) is 4. The van der Waals surface area contributed by atoms with Crippen molar-refractivity contribution in [2.45, 2.75) is 13.3 Å². The zero-order chi connectivity index (χ0) is 15.0. The summed E-state index contributed by atoms with van der Waals surface area (Å²) in [5.41, 5.74) is 8.84. The monoisotopic (exact) mass is 282 g/mol. The highest BCUT2D eigenvalue weighted by Gasteiger charge is 2.16. The molecule has 0 saturated carbocycles. The summed E-state index contributed by atoms with van der Waals surface area (Å²) in [6, 6.07) is 12.4. The van der Waals surface area contributed by atoms with E-state index in [1.807, 2.05) is 31.2 Å². The third-order valence-electron chi connectivity index (χ3n) is 3.33. The number of carbonyl (C=O) groups is 1. The van der Waals surface area contributed by atoms with E-state index in [0.717, 1.165) is 15.7 Å². The van der Waals surface area contributed by atoms with E-state index in [9.17, 15) is 9.59 Å². The van der Waals surface area contributed by atoms with E-state index in [4.69, 9.17) is 10.2 Å². The minimum Gasteiger partial charge on any atom is -0.407 e. The fourth-order valence-electron chi connectivity index (χ4n) is 2.23. The van der Waals surface area contributed by atoms with Crippen molar-refractivity contribution < 1.29 is 9.21 Å². The Kier molecular flexibility index (Phi) is 3.10. The number of rotatable bonds is 2. The SMILES string of the molecule is Cc1ccc(CC(=O)n2c(=O)oc3cc(N)ccc32)cc1. The van der Waals surface area contributed by atoms with Crippen LogP contribution in [0.3, 0.4) is 0 Å². The Balaban J connectivity index is 2.00. The molecule has 21 heavy (non-hydrogen) atoms. The van der Waals surface area contributed by atoms with Crippen LogP contribution in [0.1, 0.15) is 15.9 Å². The summed E-state index contributed by atoms with van der Waals surface area (Å²) in [6.07, 6.45) is 0.138. The summed E-state index contributed by atoms with van der Waals surface area (Å²) in [5, 5.41) is 0. The number of benzene rings is 2. The number of carbonyl (C=O) groups excluding carboxylic acids is 1.